The number of ether oxygens (including phenoxy) is 2. The van der Waals surface area contributed by atoms with Gasteiger partial charge in [-0.25, -0.2) is 9.48 Å². The van der Waals surface area contributed by atoms with Crippen molar-refractivity contribution in [2.45, 2.75) is 20.4 Å². The van der Waals surface area contributed by atoms with Crippen LogP contribution < -0.4 is 10.5 Å². The standard InChI is InChI=1S/C16H19N3O4/c1-4-19-15(17)14(10(2)18-19)16(21)23-9-12(20)11-7-5-6-8-13(11)22-3/h5-8H,4,9,17H2,1-3H3. The van der Waals surface area contributed by atoms with Crippen LogP contribution in [-0.4, -0.2) is 35.2 Å². The van der Waals surface area contributed by atoms with Gasteiger partial charge in [0.1, 0.15) is 17.1 Å². The molecule has 0 aliphatic heterocycles. The number of aryl methyl sites for hydroxylation is 2. The zero-order valence-electron chi connectivity index (χ0n) is 13.3. The average Bonchev–Trinajstić information content (AvgIpc) is 2.86. The molecule has 7 heteroatoms. The van der Waals surface area contributed by atoms with Gasteiger partial charge in [-0.05, 0) is 26.0 Å². The molecule has 0 amide bonds. The smallest absolute Gasteiger partial charge is 0.344 e. The number of nitrogens with zero attached hydrogens (tertiary/aromatic N) is 2. The molecule has 2 N–H and O–H groups in total. The van der Waals surface area contributed by atoms with Gasteiger partial charge in [0.15, 0.2) is 6.61 Å². The number of carbonyl (C=O) groups is 2. The molecule has 1 aromatic heterocycles. The minimum atomic E-state index is -0.664. The van der Waals surface area contributed by atoms with E-state index < -0.39 is 12.6 Å². The first-order chi connectivity index (χ1) is 11.0. The van der Waals surface area contributed by atoms with Gasteiger partial charge in [-0.2, -0.15) is 5.10 Å². The zero-order valence-corrected chi connectivity index (χ0v) is 13.3. The Hall–Kier alpha value is -2.83. The highest BCUT2D eigenvalue weighted by molar-refractivity contribution is 6.02. The minimum Gasteiger partial charge on any atom is -0.496 e. The van der Waals surface area contributed by atoms with Crippen molar-refractivity contribution in [2.75, 3.05) is 19.5 Å². The van der Waals surface area contributed by atoms with Gasteiger partial charge in [0, 0.05) is 6.54 Å². The van der Waals surface area contributed by atoms with Gasteiger partial charge in [0.05, 0.1) is 18.4 Å². The topological polar surface area (TPSA) is 96.4 Å². The number of nitrogens with two attached hydrogens (primary N) is 1. The van der Waals surface area contributed by atoms with Crippen LogP contribution in [-0.2, 0) is 11.3 Å². The van der Waals surface area contributed by atoms with Crippen molar-refractivity contribution in [3.63, 3.8) is 0 Å². The van der Waals surface area contributed by atoms with Crippen molar-refractivity contribution < 1.29 is 19.1 Å². The number of rotatable bonds is 6. The lowest BCUT2D eigenvalue weighted by Crippen LogP contribution is -2.16. The van der Waals surface area contributed by atoms with Crippen molar-refractivity contribution in [3.05, 3.63) is 41.1 Å². The molecule has 0 spiro atoms. The van der Waals surface area contributed by atoms with Crippen LogP contribution in [0.2, 0.25) is 0 Å². The van der Waals surface area contributed by atoms with Gasteiger partial charge in [-0.1, -0.05) is 12.1 Å². The summed E-state index contributed by atoms with van der Waals surface area (Å²) in [5.41, 5.74) is 6.90. The molecule has 0 saturated heterocycles. The normalized spacial score (nSPS) is 10.4. The highest BCUT2D eigenvalue weighted by Gasteiger charge is 2.22. The lowest BCUT2D eigenvalue weighted by Gasteiger charge is -2.08. The summed E-state index contributed by atoms with van der Waals surface area (Å²) >= 11 is 0. The molecule has 7 nitrogen and oxygen atoms in total. The van der Waals surface area contributed by atoms with Gasteiger partial charge < -0.3 is 15.2 Å². The Morgan fingerprint density at radius 2 is 2.00 bits per heavy atom. The Morgan fingerprint density at radius 3 is 2.61 bits per heavy atom. The van der Waals surface area contributed by atoms with Gasteiger partial charge in [0.25, 0.3) is 0 Å². The van der Waals surface area contributed by atoms with E-state index in [4.69, 9.17) is 15.2 Å². The summed E-state index contributed by atoms with van der Waals surface area (Å²) in [6.07, 6.45) is 0. The first-order valence-electron chi connectivity index (χ1n) is 7.15. The average molecular weight is 317 g/mol. The van der Waals surface area contributed by atoms with E-state index >= 15 is 0 Å². The number of methoxy groups -OCH3 is 1. The first-order valence-corrected chi connectivity index (χ1v) is 7.15. The molecular weight excluding hydrogens is 298 g/mol. The number of esters is 1. The molecule has 1 aromatic carbocycles. The molecule has 1 heterocycles. The monoisotopic (exact) mass is 317 g/mol. The van der Waals surface area contributed by atoms with E-state index in [1.54, 1.807) is 31.2 Å². The van der Waals surface area contributed by atoms with Crippen molar-refractivity contribution >= 4 is 17.6 Å². The number of ketones is 1. The number of nitrogen functional groups attached to an aromatic ring is 1. The largest absolute Gasteiger partial charge is 0.496 e. The molecule has 0 atom stereocenters. The Kier molecular flexibility index (Phi) is 5.00. The third-order valence-electron chi connectivity index (χ3n) is 3.41. The number of benzene rings is 1. The summed E-state index contributed by atoms with van der Waals surface area (Å²) in [5, 5.41) is 4.15. The van der Waals surface area contributed by atoms with E-state index in [2.05, 4.69) is 5.10 Å². The second-order valence-electron chi connectivity index (χ2n) is 4.86. The maximum Gasteiger partial charge on any atom is 0.344 e. The lowest BCUT2D eigenvalue weighted by molar-refractivity contribution is 0.0474. The Morgan fingerprint density at radius 1 is 1.30 bits per heavy atom. The number of Topliss-reactive ketones (excluding diaryl/α,β-unsaturated/α-hetero) is 1. The molecule has 2 rings (SSSR count). The van der Waals surface area contributed by atoms with Crippen LogP contribution in [0, 0.1) is 6.92 Å². The van der Waals surface area contributed by atoms with Gasteiger partial charge in [-0.3, -0.25) is 4.79 Å². The van der Waals surface area contributed by atoms with E-state index in [1.165, 1.54) is 11.8 Å². The van der Waals surface area contributed by atoms with Crippen molar-refractivity contribution in [2.24, 2.45) is 0 Å². The quantitative estimate of drug-likeness (QED) is 0.645. The fraction of sp³-hybridized carbons (Fsp3) is 0.312. The first kappa shape index (κ1) is 16.5. The Balaban J connectivity index is 2.10. The van der Waals surface area contributed by atoms with Crippen LogP contribution in [0.5, 0.6) is 5.75 Å². The fourth-order valence-corrected chi connectivity index (χ4v) is 2.25. The lowest BCUT2D eigenvalue weighted by atomic mass is 10.1. The van der Waals surface area contributed by atoms with E-state index in [0.29, 0.717) is 23.6 Å². The summed E-state index contributed by atoms with van der Waals surface area (Å²) in [7, 11) is 1.47. The van der Waals surface area contributed by atoms with Gasteiger partial charge in [0.2, 0.25) is 5.78 Å². The second kappa shape index (κ2) is 6.95. The third-order valence-corrected chi connectivity index (χ3v) is 3.41. The minimum absolute atomic E-state index is 0.194. The van der Waals surface area contributed by atoms with Crippen LogP contribution in [0.3, 0.4) is 0 Å². The van der Waals surface area contributed by atoms with Gasteiger partial charge >= 0.3 is 5.97 Å². The number of hydrogen-bond acceptors (Lipinski definition) is 6. The predicted molar refractivity (Wildman–Crippen MR) is 84.7 cm³/mol. The highest BCUT2D eigenvalue weighted by atomic mass is 16.5. The van der Waals surface area contributed by atoms with Gasteiger partial charge in [-0.15, -0.1) is 0 Å². The molecular formula is C16H19N3O4. The van der Waals surface area contributed by atoms with E-state index in [0.717, 1.165) is 0 Å². The van der Waals surface area contributed by atoms with Crippen LogP contribution in [0.4, 0.5) is 5.82 Å². The molecule has 0 fully saturated rings. The molecule has 23 heavy (non-hydrogen) atoms. The second-order valence-corrected chi connectivity index (χ2v) is 4.86. The summed E-state index contributed by atoms with van der Waals surface area (Å²) in [4.78, 5) is 24.3. The van der Waals surface area contributed by atoms with E-state index in [-0.39, 0.29) is 17.2 Å². The van der Waals surface area contributed by atoms with E-state index in [1.807, 2.05) is 6.92 Å². The van der Waals surface area contributed by atoms with Crippen molar-refractivity contribution in [3.8, 4) is 5.75 Å². The SMILES string of the molecule is CCn1nc(C)c(C(=O)OCC(=O)c2ccccc2OC)c1N. The maximum atomic E-state index is 12.2. The fourth-order valence-electron chi connectivity index (χ4n) is 2.25. The molecule has 0 saturated carbocycles. The number of anilines is 1. The summed E-state index contributed by atoms with van der Waals surface area (Å²) in [6.45, 7) is 3.68. The number of hydrogen-bond donors (Lipinski definition) is 1. The third kappa shape index (κ3) is 3.33. The summed E-state index contributed by atoms with van der Waals surface area (Å²) in [6, 6.07) is 6.75. The number of aromatic nitrogens is 2. The van der Waals surface area contributed by atoms with Crippen LogP contribution in [0.15, 0.2) is 24.3 Å². The number of para-hydroxylation sites is 1. The van der Waals surface area contributed by atoms with Crippen molar-refractivity contribution in [1.82, 2.24) is 9.78 Å². The van der Waals surface area contributed by atoms with Crippen LogP contribution >= 0.6 is 0 Å². The highest BCUT2D eigenvalue weighted by Crippen LogP contribution is 2.20. The summed E-state index contributed by atoms with van der Waals surface area (Å²) in [5.74, 6) is -0.347. The van der Waals surface area contributed by atoms with Crippen molar-refractivity contribution in [1.29, 1.82) is 0 Å². The van der Waals surface area contributed by atoms with Crippen LogP contribution in [0.25, 0.3) is 0 Å². The molecule has 2 aromatic rings. The summed E-state index contributed by atoms with van der Waals surface area (Å²) < 4.78 is 11.7. The predicted octanol–water partition coefficient (Wildman–Crippen LogP) is 1.84. The molecule has 0 aliphatic carbocycles. The molecule has 0 unspecified atom stereocenters. The Bertz CT molecular complexity index is 737. The number of carbonyl (C=O) groups excluding carboxylic acids is 2. The van der Waals surface area contributed by atoms with Crippen LogP contribution in [0.1, 0.15) is 33.3 Å². The maximum absolute atomic E-state index is 12.2. The zero-order chi connectivity index (χ0) is 17.0. The molecule has 0 aliphatic rings. The van der Waals surface area contributed by atoms with E-state index in [9.17, 15) is 9.59 Å². The molecule has 0 radical (unpaired) electrons. The molecule has 0 bridgehead atoms. The Labute approximate surface area is 134 Å². The molecule has 122 valence electrons.